The summed E-state index contributed by atoms with van der Waals surface area (Å²) < 4.78 is 13.8. The lowest BCUT2D eigenvalue weighted by molar-refractivity contribution is 0.0231. The summed E-state index contributed by atoms with van der Waals surface area (Å²) in [5.74, 6) is -0.275. The molecule has 104 valence electrons. The lowest BCUT2D eigenvalue weighted by Crippen LogP contribution is -2.37. The average molecular weight is 384 g/mol. The zero-order chi connectivity index (χ0) is 14.1. The molecule has 2 aromatic carbocycles. The van der Waals surface area contributed by atoms with E-state index in [1.165, 1.54) is 23.3 Å². The molecule has 0 bridgehead atoms. The van der Waals surface area contributed by atoms with Crippen molar-refractivity contribution in [2.24, 2.45) is 0 Å². The van der Waals surface area contributed by atoms with E-state index in [1.807, 2.05) is 17.0 Å². The first-order chi connectivity index (χ1) is 9.63. The molecule has 0 amide bonds. The quantitative estimate of drug-likeness (QED) is 0.631. The van der Waals surface area contributed by atoms with Crippen molar-refractivity contribution < 1.29 is 9.50 Å². The smallest absolute Gasteiger partial charge is 0.184 e. The number of aliphatic hydroxyl groups is 1. The summed E-state index contributed by atoms with van der Waals surface area (Å²) in [5, 5.41) is 13.3. The number of fused-ring (bicyclic) bond motifs is 1. The second kappa shape index (κ2) is 5.67. The van der Waals surface area contributed by atoms with E-state index in [0.29, 0.717) is 13.1 Å². The number of hydrogen-bond acceptors (Lipinski definition) is 3. The second-order valence-electron chi connectivity index (χ2n) is 4.82. The van der Waals surface area contributed by atoms with Gasteiger partial charge in [0.25, 0.3) is 0 Å². The summed E-state index contributed by atoms with van der Waals surface area (Å²) in [6.07, 6.45) is -0.790. The van der Waals surface area contributed by atoms with Gasteiger partial charge in [-0.3, -0.25) is 4.90 Å². The van der Waals surface area contributed by atoms with E-state index in [4.69, 9.17) is 0 Å². The molecule has 0 spiro atoms. The van der Waals surface area contributed by atoms with Crippen LogP contribution in [-0.4, -0.2) is 16.4 Å². The lowest BCUT2D eigenvalue weighted by Gasteiger charge is -2.24. The van der Waals surface area contributed by atoms with Crippen molar-refractivity contribution in [1.82, 2.24) is 4.90 Å². The third-order valence-electron chi connectivity index (χ3n) is 3.43. The van der Waals surface area contributed by atoms with Gasteiger partial charge in [0.05, 0.1) is 5.69 Å². The Morgan fingerprint density at radius 2 is 1.80 bits per heavy atom. The van der Waals surface area contributed by atoms with Gasteiger partial charge in [-0.25, -0.2) is 4.39 Å². The highest BCUT2D eigenvalue weighted by Gasteiger charge is 2.24. The predicted molar refractivity (Wildman–Crippen MR) is 84.4 cm³/mol. The Bertz CT molecular complexity index is 610. The Hall–Kier alpha value is -1.18. The standard InChI is InChI=1S/C15H14FIN2O/c16-12-5-6-14(13(17)7-12)18-15(20)19-8-10-3-1-2-4-11(10)9-19/h1-7,15,18,20H,8-9H2. The number of nitrogens with one attached hydrogen (secondary N) is 1. The van der Waals surface area contributed by atoms with Gasteiger partial charge < -0.3 is 10.4 Å². The van der Waals surface area contributed by atoms with Crippen LogP contribution < -0.4 is 5.32 Å². The molecular formula is C15H14FIN2O. The number of halogens is 2. The van der Waals surface area contributed by atoms with Gasteiger partial charge >= 0.3 is 0 Å². The van der Waals surface area contributed by atoms with Gasteiger partial charge in [-0.15, -0.1) is 0 Å². The molecule has 2 N–H and O–H groups in total. The molecule has 1 aliphatic heterocycles. The van der Waals surface area contributed by atoms with Crippen LogP contribution in [0.5, 0.6) is 0 Å². The Labute approximate surface area is 130 Å². The van der Waals surface area contributed by atoms with Crippen LogP contribution in [0.15, 0.2) is 42.5 Å². The molecule has 1 atom stereocenters. The van der Waals surface area contributed by atoms with Crippen LogP contribution in [0.3, 0.4) is 0 Å². The molecular weight excluding hydrogens is 370 g/mol. The zero-order valence-corrected chi connectivity index (χ0v) is 12.8. The summed E-state index contributed by atoms with van der Waals surface area (Å²) in [4.78, 5) is 1.93. The topological polar surface area (TPSA) is 35.5 Å². The molecule has 0 aromatic heterocycles. The summed E-state index contributed by atoms with van der Waals surface area (Å²) in [6.45, 7) is 1.42. The molecule has 1 aliphatic rings. The monoisotopic (exact) mass is 384 g/mol. The van der Waals surface area contributed by atoms with Crippen LogP contribution in [0.1, 0.15) is 11.1 Å². The Balaban J connectivity index is 1.70. The molecule has 1 heterocycles. The SMILES string of the molecule is OC(Nc1ccc(F)cc1I)N1Cc2ccccc2C1. The van der Waals surface area contributed by atoms with Gasteiger partial charge in [0.15, 0.2) is 6.35 Å². The van der Waals surface area contributed by atoms with Crippen molar-refractivity contribution >= 4 is 28.3 Å². The fourth-order valence-corrected chi connectivity index (χ4v) is 3.00. The normalized spacial score (nSPS) is 15.9. The Kier molecular flexibility index (Phi) is 3.91. The molecule has 0 radical (unpaired) electrons. The lowest BCUT2D eigenvalue weighted by atomic mass is 10.1. The Morgan fingerprint density at radius 3 is 2.40 bits per heavy atom. The first kappa shape index (κ1) is 13.8. The van der Waals surface area contributed by atoms with Crippen LogP contribution in [0.25, 0.3) is 0 Å². The molecule has 0 saturated heterocycles. The molecule has 20 heavy (non-hydrogen) atoms. The maximum atomic E-state index is 13.1. The third-order valence-corrected chi connectivity index (χ3v) is 4.32. The minimum Gasteiger partial charge on any atom is -0.361 e. The summed E-state index contributed by atoms with van der Waals surface area (Å²) >= 11 is 2.05. The number of hydrogen-bond donors (Lipinski definition) is 2. The number of aliphatic hydroxyl groups excluding tert-OH is 1. The highest BCUT2D eigenvalue weighted by molar-refractivity contribution is 14.1. The Morgan fingerprint density at radius 1 is 1.15 bits per heavy atom. The van der Waals surface area contributed by atoms with E-state index in [2.05, 4.69) is 40.0 Å². The molecule has 3 nitrogen and oxygen atoms in total. The zero-order valence-electron chi connectivity index (χ0n) is 10.7. The van der Waals surface area contributed by atoms with Gasteiger partial charge in [0.2, 0.25) is 0 Å². The third kappa shape index (κ3) is 2.79. The molecule has 1 unspecified atom stereocenters. The van der Waals surface area contributed by atoms with E-state index in [9.17, 15) is 9.50 Å². The van der Waals surface area contributed by atoms with Crippen LogP contribution in [0.4, 0.5) is 10.1 Å². The average Bonchev–Trinajstić information content (AvgIpc) is 2.86. The molecule has 0 fully saturated rings. The maximum absolute atomic E-state index is 13.1. The summed E-state index contributed by atoms with van der Waals surface area (Å²) in [6, 6.07) is 12.6. The van der Waals surface area contributed by atoms with Crippen molar-refractivity contribution in [1.29, 1.82) is 0 Å². The minimum absolute atomic E-state index is 0.275. The maximum Gasteiger partial charge on any atom is 0.184 e. The number of nitrogens with zero attached hydrogens (tertiary/aromatic N) is 1. The fourth-order valence-electron chi connectivity index (χ4n) is 2.37. The predicted octanol–water partition coefficient (Wildman–Crippen LogP) is 3.13. The van der Waals surface area contributed by atoms with E-state index >= 15 is 0 Å². The fraction of sp³-hybridized carbons (Fsp3) is 0.200. The van der Waals surface area contributed by atoms with Crippen LogP contribution in [0.2, 0.25) is 0 Å². The number of anilines is 1. The van der Waals surface area contributed by atoms with Crippen molar-refractivity contribution in [3.63, 3.8) is 0 Å². The van der Waals surface area contributed by atoms with Crippen molar-refractivity contribution in [2.45, 2.75) is 19.4 Å². The van der Waals surface area contributed by atoms with Gasteiger partial charge in [-0.2, -0.15) is 0 Å². The highest BCUT2D eigenvalue weighted by Crippen LogP contribution is 2.25. The number of benzene rings is 2. The minimum atomic E-state index is -0.790. The van der Waals surface area contributed by atoms with Crippen LogP contribution in [0, 0.1) is 9.39 Å². The first-order valence-electron chi connectivity index (χ1n) is 6.34. The van der Waals surface area contributed by atoms with Gasteiger partial charge in [0, 0.05) is 16.7 Å². The highest BCUT2D eigenvalue weighted by atomic mass is 127. The van der Waals surface area contributed by atoms with E-state index in [0.717, 1.165) is 9.26 Å². The number of rotatable bonds is 3. The van der Waals surface area contributed by atoms with E-state index in [-0.39, 0.29) is 5.82 Å². The van der Waals surface area contributed by atoms with E-state index in [1.54, 1.807) is 6.07 Å². The van der Waals surface area contributed by atoms with E-state index < -0.39 is 6.35 Å². The van der Waals surface area contributed by atoms with Crippen LogP contribution >= 0.6 is 22.6 Å². The molecule has 0 aliphatic carbocycles. The van der Waals surface area contributed by atoms with Crippen LogP contribution in [-0.2, 0) is 13.1 Å². The summed E-state index contributed by atoms with van der Waals surface area (Å²) in [5.41, 5.74) is 3.21. The van der Waals surface area contributed by atoms with Crippen molar-refractivity contribution in [3.8, 4) is 0 Å². The van der Waals surface area contributed by atoms with Gasteiger partial charge in [0.1, 0.15) is 5.82 Å². The molecule has 0 saturated carbocycles. The van der Waals surface area contributed by atoms with Crippen molar-refractivity contribution in [2.75, 3.05) is 5.32 Å². The molecule has 5 heteroatoms. The molecule has 3 rings (SSSR count). The summed E-state index contributed by atoms with van der Waals surface area (Å²) in [7, 11) is 0. The van der Waals surface area contributed by atoms with Crippen molar-refractivity contribution in [3.05, 3.63) is 63.0 Å². The van der Waals surface area contributed by atoms with Gasteiger partial charge in [-0.1, -0.05) is 24.3 Å². The molecule has 2 aromatic rings. The first-order valence-corrected chi connectivity index (χ1v) is 7.42. The van der Waals surface area contributed by atoms with Gasteiger partial charge in [-0.05, 0) is 51.9 Å². The second-order valence-corrected chi connectivity index (χ2v) is 5.98. The largest absolute Gasteiger partial charge is 0.361 e.